The average molecular weight is 528 g/mol. The summed E-state index contributed by atoms with van der Waals surface area (Å²) in [7, 11) is -3.85. The molecule has 0 atom stereocenters. The molecule has 3 N–H and O–H groups in total. The minimum absolute atomic E-state index is 0.0657. The Balaban J connectivity index is 1.74. The Bertz CT molecular complexity index is 1340. The number of ether oxygens (including phenoxy) is 1. The summed E-state index contributed by atoms with van der Waals surface area (Å²) in [6.07, 6.45) is 0. The molecule has 0 saturated heterocycles. The van der Waals surface area contributed by atoms with Gasteiger partial charge in [0.2, 0.25) is 10.0 Å². The molecule has 0 radical (unpaired) electrons. The number of aryl methyl sites for hydroxylation is 1. The minimum Gasteiger partial charge on any atom is -0.483 e. The smallest absolute Gasteiger partial charge is 0.262 e. The van der Waals surface area contributed by atoms with Crippen LogP contribution in [0.25, 0.3) is 0 Å². The molecule has 3 aromatic rings. The number of rotatable bonds is 7. The van der Waals surface area contributed by atoms with E-state index in [9.17, 15) is 18.0 Å². The van der Waals surface area contributed by atoms with Crippen LogP contribution in [0.15, 0.2) is 59.5 Å². The van der Waals surface area contributed by atoms with Crippen LogP contribution in [0.3, 0.4) is 0 Å². The number of primary sulfonamides is 1. The fraction of sp³-hybridized carbons (Fsp3) is 0.0909. The Hall–Kier alpha value is -2.62. The van der Waals surface area contributed by atoms with Gasteiger partial charge in [-0.1, -0.05) is 46.9 Å². The Morgan fingerprint density at radius 2 is 1.64 bits per heavy atom. The predicted octanol–water partition coefficient (Wildman–Crippen LogP) is 4.85. The molecule has 0 aliphatic rings. The molecule has 0 aliphatic heterocycles. The normalized spacial score (nSPS) is 11.2. The van der Waals surface area contributed by atoms with E-state index in [1.807, 2.05) is 0 Å². The number of halogens is 3. The van der Waals surface area contributed by atoms with Gasteiger partial charge in [-0.05, 0) is 55.0 Å². The summed E-state index contributed by atoms with van der Waals surface area (Å²) in [5.41, 5.74) is 1.31. The molecule has 0 saturated carbocycles. The zero-order valence-electron chi connectivity index (χ0n) is 17.1. The molecule has 172 valence electrons. The van der Waals surface area contributed by atoms with Gasteiger partial charge < -0.3 is 10.1 Å². The summed E-state index contributed by atoms with van der Waals surface area (Å²) in [5, 5.41) is 8.15. The van der Waals surface area contributed by atoms with E-state index in [2.05, 4.69) is 5.32 Å². The third-order valence-corrected chi connectivity index (χ3v) is 6.64. The van der Waals surface area contributed by atoms with E-state index >= 15 is 0 Å². The Labute approximate surface area is 205 Å². The maximum absolute atomic E-state index is 13.0. The van der Waals surface area contributed by atoms with Crippen molar-refractivity contribution in [2.45, 2.75) is 11.8 Å². The number of hydrogen-bond acceptors (Lipinski definition) is 5. The molecular formula is C22H17Cl3N2O5S. The first-order valence-corrected chi connectivity index (χ1v) is 12.0. The summed E-state index contributed by atoms with van der Waals surface area (Å²) in [4.78, 5) is 25.3. The van der Waals surface area contributed by atoms with Gasteiger partial charge in [0.25, 0.3) is 5.91 Å². The van der Waals surface area contributed by atoms with Crippen molar-refractivity contribution in [1.29, 1.82) is 0 Å². The molecule has 1 amide bonds. The van der Waals surface area contributed by atoms with E-state index in [0.29, 0.717) is 11.3 Å². The average Bonchev–Trinajstić information content (AvgIpc) is 2.76. The van der Waals surface area contributed by atoms with Crippen LogP contribution in [0.1, 0.15) is 21.5 Å². The van der Waals surface area contributed by atoms with Crippen molar-refractivity contribution in [2.24, 2.45) is 5.14 Å². The Morgan fingerprint density at radius 1 is 1.00 bits per heavy atom. The second kappa shape index (κ2) is 10.1. The third-order valence-electron chi connectivity index (χ3n) is 4.54. The fourth-order valence-electron chi connectivity index (χ4n) is 2.91. The second-order valence-corrected chi connectivity index (χ2v) is 9.69. The molecule has 11 heteroatoms. The number of benzene rings is 3. The van der Waals surface area contributed by atoms with Crippen LogP contribution in [0, 0.1) is 6.92 Å². The molecule has 0 spiro atoms. The first kappa shape index (κ1) is 25.0. The number of nitrogens with one attached hydrogen (secondary N) is 1. The highest BCUT2D eigenvalue weighted by molar-refractivity contribution is 7.89. The third kappa shape index (κ3) is 6.04. The van der Waals surface area contributed by atoms with Gasteiger partial charge >= 0.3 is 0 Å². The summed E-state index contributed by atoms with van der Waals surface area (Å²) in [6.45, 7) is 1.23. The molecule has 0 aromatic heterocycles. The fourth-order valence-corrected chi connectivity index (χ4v) is 4.10. The van der Waals surface area contributed by atoms with Gasteiger partial charge in [0, 0.05) is 11.3 Å². The van der Waals surface area contributed by atoms with E-state index in [-0.39, 0.29) is 36.8 Å². The molecule has 0 bridgehead atoms. The number of hydrogen-bond donors (Lipinski definition) is 2. The van der Waals surface area contributed by atoms with Gasteiger partial charge in [-0.2, -0.15) is 0 Å². The van der Waals surface area contributed by atoms with Gasteiger partial charge in [-0.25, -0.2) is 13.6 Å². The molecule has 7 nitrogen and oxygen atoms in total. The lowest BCUT2D eigenvalue weighted by Crippen LogP contribution is -2.21. The number of nitrogens with two attached hydrogens (primary N) is 1. The van der Waals surface area contributed by atoms with Crippen LogP contribution >= 0.6 is 34.8 Å². The lowest BCUT2D eigenvalue weighted by Gasteiger charge is -2.13. The number of sulfonamides is 1. The van der Waals surface area contributed by atoms with E-state index < -0.39 is 28.3 Å². The summed E-state index contributed by atoms with van der Waals surface area (Å²) < 4.78 is 28.5. The van der Waals surface area contributed by atoms with Crippen LogP contribution < -0.4 is 15.2 Å². The summed E-state index contributed by atoms with van der Waals surface area (Å²) in [5.74, 6) is -0.747. The maximum Gasteiger partial charge on any atom is 0.262 e. The number of para-hydroxylation sites is 1. The molecule has 33 heavy (non-hydrogen) atoms. The zero-order valence-corrected chi connectivity index (χ0v) is 20.1. The predicted molar refractivity (Wildman–Crippen MR) is 128 cm³/mol. The highest BCUT2D eigenvalue weighted by atomic mass is 35.5. The van der Waals surface area contributed by atoms with Crippen molar-refractivity contribution in [3.8, 4) is 5.75 Å². The van der Waals surface area contributed by atoms with E-state index in [1.165, 1.54) is 30.3 Å². The van der Waals surface area contributed by atoms with E-state index in [4.69, 9.17) is 44.7 Å². The maximum atomic E-state index is 13.0. The molecular weight excluding hydrogens is 511 g/mol. The first-order chi connectivity index (χ1) is 15.5. The monoisotopic (exact) mass is 526 g/mol. The molecule has 3 aromatic carbocycles. The highest BCUT2D eigenvalue weighted by Crippen LogP contribution is 2.33. The van der Waals surface area contributed by atoms with Crippen LogP contribution in [0.5, 0.6) is 5.75 Å². The lowest BCUT2D eigenvalue weighted by molar-refractivity contribution is -0.118. The number of carbonyl (C=O) groups is 2. The SMILES string of the molecule is Cc1cc(S(N)(=O)=O)ccc1NC(=O)COc1ccccc1C(=O)c1cc(Cl)c(Cl)c(Cl)c1. The van der Waals surface area contributed by atoms with Crippen molar-refractivity contribution in [1.82, 2.24) is 0 Å². The van der Waals surface area contributed by atoms with Gasteiger partial charge in [-0.3, -0.25) is 9.59 Å². The van der Waals surface area contributed by atoms with Crippen molar-refractivity contribution in [3.63, 3.8) is 0 Å². The van der Waals surface area contributed by atoms with Crippen LogP contribution in [0.4, 0.5) is 5.69 Å². The number of ketones is 1. The number of carbonyl (C=O) groups excluding carboxylic acids is 2. The lowest BCUT2D eigenvalue weighted by atomic mass is 10.0. The van der Waals surface area contributed by atoms with Gasteiger partial charge in [0.1, 0.15) is 5.75 Å². The zero-order chi connectivity index (χ0) is 24.3. The van der Waals surface area contributed by atoms with Crippen molar-refractivity contribution >= 4 is 62.2 Å². The van der Waals surface area contributed by atoms with Crippen LogP contribution in [0.2, 0.25) is 15.1 Å². The number of amides is 1. The largest absolute Gasteiger partial charge is 0.483 e. The molecule has 0 unspecified atom stereocenters. The van der Waals surface area contributed by atoms with Crippen LogP contribution in [-0.2, 0) is 14.8 Å². The van der Waals surface area contributed by atoms with Crippen LogP contribution in [-0.4, -0.2) is 26.7 Å². The van der Waals surface area contributed by atoms with Gasteiger partial charge in [0.15, 0.2) is 12.4 Å². The standard InChI is InChI=1S/C22H17Cl3N2O5S/c1-12-8-14(33(26,30)31)6-7-18(12)27-20(28)11-32-19-5-3-2-4-15(19)22(29)13-9-16(23)21(25)17(24)10-13/h2-10H,11H2,1H3,(H,27,28)(H2,26,30,31). The van der Waals surface area contributed by atoms with E-state index in [1.54, 1.807) is 31.2 Å². The van der Waals surface area contributed by atoms with Gasteiger partial charge in [-0.15, -0.1) is 0 Å². The highest BCUT2D eigenvalue weighted by Gasteiger charge is 2.18. The molecule has 0 fully saturated rings. The Kier molecular flexibility index (Phi) is 7.66. The first-order valence-electron chi connectivity index (χ1n) is 9.31. The number of anilines is 1. The second-order valence-electron chi connectivity index (χ2n) is 6.94. The van der Waals surface area contributed by atoms with Gasteiger partial charge in [0.05, 0.1) is 25.5 Å². The van der Waals surface area contributed by atoms with Crippen molar-refractivity contribution < 1.29 is 22.7 Å². The van der Waals surface area contributed by atoms with E-state index in [0.717, 1.165) is 0 Å². The quantitative estimate of drug-likeness (QED) is 0.337. The molecule has 0 heterocycles. The van der Waals surface area contributed by atoms with Crippen molar-refractivity contribution in [2.75, 3.05) is 11.9 Å². The minimum atomic E-state index is -3.85. The molecule has 3 rings (SSSR count). The van der Waals surface area contributed by atoms with Crippen molar-refractivity contribution in [3.05, 3.63) is 86.4 Å². The summed E-state index contributed by atoms with van der Waals surface area (Å²) >= 11 is 18.0. The molecule has 0 aliphatic carbocycles. The Morgan fingerprint density at radius 3 is 2.24 bits per heavy atom. The summed E-state index contributed by atoms with van der Waals surface area (Å²) in [6, 6.07) is 13.3. The topological polar surface area (TPSA) is 116 Å².